The molecule has 0 aromatic carbocycles. The third-order valence-electron chi connectivity index (χ3n) is 4.38. The molecule has 2 atom stereocenters. The van der Waals surface area contributed by atoms with Crippen LogP contribution in [0.5, 0.6) is 0 Å². The van der Waals surface area contributed by atoms with Crippen LogP contribution in [0.1, 0.15) is 19.3 Å². The zero-order valence-electron chi connectivity index (χ0n) is 21.2. The van der Waals surface area contributed by atoms with Gasteiger partial charge < -0.3 is 26.1 Å². The Hall–Kier alpha value is 0.214. The highest BCUT2D eigenvalue weighted by Crippen LogP contribution is 2.38. The maximum Gasteiger partial charge on any atom is 0.389 e. The fourth-order valence-electron chi connectivity index (χ4n) is 3.45. The maximum absolute atomic E-state index is 13.1. The molecule has 0 fully saturated rings. The summed E-state index contributed by atoms with van der Waals surface area (Å²) in [7, 11) is -19.6. The third-order valence-corrected chi connectivity index (χ3v) is 22.2. The molecule has 0 aliphatic carbocycles. The molecule has 218 valence electrons. The smallest absolute Gasteiger partial charge is 0.389 e. The second-order valence-electron chi connectivity index (χ2n) is 10.0. The minimum Gasteiger partial charge on any atom is -0.416 e. The van der Waals surface area contributed by atoms with E-state index in [1.807, 2.05) is 0 Å². The summed E-state index contributed by atoms with van der Waals surface area (Å²) in [6, 6.07) is -2.44. The summed E-state index contributed by atoms with van der Waals surface area (Å²) in [5.74, 6) is 0. The predicted octanol–water partition coefficient (Wildman–Crippen LogP) is 6.51. The largest absolute Gasteiger partial charge is 0.416 e. The van der Waals surface area contributed by atoms with Crippen molar-refractivity contribution < 1.29 is 65.6 Å². The highest BCUT2D eigenvalue weighted by Gasteiger charge is 2.53. The average Bonchev–Trinajstić information content (AvgIpc) is 2.51. The van der Waals surface area contributed by atoms with Crippen molar-refractivity contribution in [3.05, 3.63) is 0 Å². The summed E-state index contributed by atoms with van der Waals surface area (Å²) in [6.07, 6.45) is -18.4. The van der Waals surface area contributed by atoms with Crippen LogP contribution in [0.4, 0.5) is 39.5 Å². The lowest BCUT2D eigenvalue weighted by Gasteiger charge is -2.44. The van der Waals surface area contributed by atoms with Gasteiger partial charge in [0, 0.05) is 19.3 Å². The van der Waals surface area contributed by atoms with Gasteiger partial charge in [-0.2, -0.15) is 39.5 Å². The Morgan fingerprint density at radius 2 is 0.639 bits per heavy atom. The maximum atomic E-state index is 13.1. The van der Waals surface area contributed by atoms with Gasteiger partial charge in [0.1, 0.15) is 0 Å². The van der Waals surface area contributed by atoms with Crippen LogP contribution in [0, 0.1) is 0 Å². The zero-order chi connectivity index (χ0) is 29.1. The van der Waals surface area contributed by atoms with Crippen molar-refractivity contribution in [3.63, 3.8) is 0 Å². The molecule has 0 saturated carbocycles. The third kappa shape index (κ3) is 18.5. The van der Waals surface area contributed by atoms with E-state index in [9.17, 15) is 49.1 Å². The van der Waals surface area contributed by atoms with Gasteiger partial charge in [-0.15, -0.1) is 0 Å². The van der Waals surface area contributed by atoms with Crippen molar-refractivity contribution in [2.45, 2.75) is 102 Å². The number of hydrogen-bond donors (Lipinski definition) is 2. The van der Waals surface area contributed by atoms with Crippen molar-refractivity contribution >= 4 is 42.8 Å². The molecule has 0 aromatic rings. The molecular weight excluding hydrogens is 600 g/mol. The van der Waals surface area contributed by atoms with Crippen LogP contribution in [-0.4, -0.2) is 70.9 Å². The monoisotopic (exact) mass is 634 g/mol. The van der Waals surface area contributed by atoms with E-state index < -0.39 is 98.7 Å². The van der Waals surface area contributed by atoms with E-state index >= 15 is 0 Å². The second kappa shape index (κ2) is 12.2. The molecule has 20 heteroatoms. The van der Waals surface area contributed by atoms with Gasteiger partial charge in [0.25, 0.3) is 0 Å². The van der Waals surface area contributed by atoms with Gasteiger partial charge in [0.2, 0.25) is 0 Å². The lowest BCUT2D eigenvalue weighted by Crippen LogP contribution is -2.62. The van der Waals surface area contributed by atoms with Crippen LogP contribution >= 0.6 is 0 Å². The fourth-order valence-corrected chi connectivity index (χ4v) is 25.5. The summed E-state index contributed by atoms with van der Waals surface area (Å²) in [5, 5.41) is 0. The van der Waals surface area contributed by atoms with Crippen LogP contribution in [-0.2, 0) is 16.5 Å². The summed E-state index contributed by atoms with van der Waals surface area (Å²) < 4.78 is 140. The second-order valence-corrected chi connectivity index (χ2v) is 27.4. The predicted molar refractivity (Wildman–Crippen MR) is 125 cm³/mol. The Bertz CT molecular complexity index is 650. The van der Waals surface area contributed by atoms with Gasteiger partial charge in [-0.3, -0.25) is 0 Å². The van der Waals surface area contributed by atoms with Crippen LogP contribution in [0.25, 0.3) is 0 Å². The van der Waals surface area contributed by atoms with E-state index in [4.69, 9.17) is 16.5 Å². The van der Waals surface area contributed by atoms with Gasteiger partial charge in [0.15, 0.2) is 0 Å². The topological polar surface area (TPSA) is 77.4 Å². The van der Waals surface area contributed by atoms with Gasteiger partial charge in [0.05, 0.1) is 0 Å². The Balaban J connectivity index is 6.39. The first-order chi connectivity index (χ1) is 15.4. The molecule has 0 amide bonds. The quantitative estimate of drug-likeness (QED) is 0.168. The first-order valence-corrected chi connectivity index (χ1v) is 24.2. The Morgan fingerprint density at radius 3 is 0.806 bits per heavy atom. The fraction of sp³-hybridized carbons (Fsp3) is 1.00. The number of halogens is 9. The van der Waals surface area contributed by atoms with Crippen LogP contribution in [0.3, 0.4) is 0 Å². The molecule has 0 aromatic heterocycles. The summed E-state index contributed by atoms with van der Waals surface area (Å²) in [5.41, 5.74) is 0. The summed E-state index contributed by atoms with van der Waals surface area (Å²) in [6.45, 7) is 8.32. The SMILES string of the molecule is C[Si](C)(O)O[Si](C)(CCC(F)(F)F)O[Si](C)(CCC(F)(F)F)O[Si](C)(CCC(F)(F)F)O[Si](C)(C)O. The zero-order valence-corrected chi connectivity index (χ0v) is 26.2. The lowest BCUT2D eigenvalue weighted by atomic mass is 10.5. The summed E-state index contributed by atoms with van der Waals surface area (Å²) >= 11 is 0. The Kier molecular flexibility index (Phi) is 12.2. The van der Waals surface area contributed by atoms with Crippen molar-refractivity contribution in [1.29, 1.82) is 0 Å². The molecule has 0 rings (SSSR count). The Labute approximate surface area is 210 Å². The molecular formula is C16H35F9O6Si5. The first-order valence-electron chi connectivity index (χ1n) is 10.9. The van der Waals surface area contributed by atoms with Crippen LogP contribution < -0.4 is 0 Å². The summed E-state index contributed by atoms with van der Waals surface area (Å²) in [4.78, 5) is 20.4. The van der Waals surface area contributed by atoms with E-state index in [0.717, 1.165) is 19.6 Å². The number of hydrogen-bond acceptors (Lipinski definition) is 6. The molecule has 0 aliphatic heterocycles. The number of alkyl halides is 9. The standard InChI is InChI=1S/C16H35F9O6Si5/c1-32(2,26)28-34(5,11-8-14(17,18)19)30-36(7,13-10-16(23,24)25)31-35(6,29-33(3,4)27)12-9-15(20,21)22/h26-27H,8-13H2,1-7H3. The van der Waals surface area contributed by atoms with E-state index in [-0.39, 0.29) is 0 Å². The molecule has 6 nitrogen and oxygen atoms in total. The normalized spacial score (nSPS) is 19.5. The molecule has 0 spiro atoms. The molecule has 36 heavy (non-hydrogen) atoms. The van der Waals surface area contributed by atoms with Crippen molar-refractivity contribution in [1.82, 2.24) is 0 Å². The highest BCUT2D eigenvalue weighted by atomic mass is 28.5. The van der Waals surface area contributed by atoms with E-state index in [0.29, 0.717) is 0 Å². The number of rotatable bonds is 14. The molecule has 2 N–H and O–H groups in total. The van der Waals surface area contributed by atoms with Crippen molar-refractivity contribution in [3.8, 4) is 0 Å². The van der Waals surface area contributed by atoms with Crippen LogP contribution in [0.2, 0.25) is 64.0 Å². The van der Waals surface area contributed by atoms with Crippen LogP contribution in [0.15, 0.2) is 0 Å². The molecule has 0 aliphatic rings. The van der Waals surface area contributed by atoms with Crippen molar-refractivity contribution in [2.75, 3.05) is 0 Å². The molecule has 0 saturated heterocycles. The molecule has 0 heterocycles. The molecule has 0 radical (unpaired) electrons. The molecule has 0 bridgehead atoms. The van der Waals surface area contributed by atoms with E-state index in [2.05, 4.69) is 0 Å². The van der Waals surface area contributed by atoms with Crippen molar-refractivity contribution in [2.24, 2.45) is 0 Å². The van der Waals surface area contributed by atoms with Gasteiger partial charge in [-0.1, -0.05) is 0 Å². The minimum atomic E-state index is -4.73. The molecule has 2 unspecified atom stereocenters. The van der Waals surface area contributed by atoms with Gasteiger partial charge >= 0.3 is 61.3 Å². The lowest BCUT2D eigenvalue weighted by molar-refractivity contribution is -0.132. The van der Waals surface area contributed by atoms with Gasteiger partial charge in [-0.05, 0) is 64.0 Å². The highest BCUT2D eigenvalue weighted by molar-refractivity contribution is 6.90. The first kappa shape index (κ1) is 36.2. The van der Waals surface area contributed by atoms with E-state index in [1.165, 1.54) is 26.2 Å². The average molecular weight is 635 g/mol. The van der Waals surface area contributed by atoms with E-state index in [1.54, 1.807) is 0 Å². The minimum absolute atomic E-state index is 0.784. The van der Waals surface area contributed by atoms with Gasteiger partial charge in [-0.25, -0.2) is 0 Å². The Morgan fingerprint density at radius 1 is 0.444 bits per heavy atom.